The minimum atomic E-state index is -0.525. The molecule has 6 heteroatoms. The third-order valence-electron chi connectivity index (χ3n) is 2.96. The number of nitrogens with zero attached hydrogens (tertiary/aromatic N) is 2. The highest BCUT2D eigenvalue weighted by atomic mass is 16.5. The number of carbonyl (C=O) groups is 1. The van der Waals surface area contributed by atoms with Gasteiger partial charge in [0.15, 0.2) is 5.69 Å². The second-order valence-corrected chi connectivity index (χ2v) is 5.42. The highest BCUT2D eigenvalue weighted by molar-refractivity contribution is 5.89. The van der Waals surface area contributed by atoms with Crippen LogP contribution in [0.3, 0.4) is 0 Å². The van der Waals surface area contributed by atoms with Gasteiger partial charge >= 0.3 is 5.97 Å². The van der Waals surface area contributed by atoms with Crippen LogP contribution in [0.1, 0.15) is 31.3 Å². The van der Waals surface area contributed by atoms with Crippen molar-refractivity contribution in [3.8, 4) is 17.0 Å². The second kappa shape index (κ2) is 7.58. The molecule has 0 aliphatic carbocycles. The van der Waals surface area contributed by atoms with Crippen LogP contribution in [-0.2, 0) is 4.74 Å². The third-order valence-corrected chi connectivity index (χ3v) is 2.96. The Balaban J connectivity index is 2.40. The highest BCUT2D eigenvalue weighted by Gasteiger charge is 2.15. The molecule has 0 unspecified atom stereocenters. The molecule has 23 heavy (non-hydrogen) atoms. The van der Waals surface area contributed by atoms with Crippen molar-refractivity contribution >= 4 is 11.9 Å². The van der Waals surface area contributed by atoms with Gasteiger partial charge in [-0.25, -0.2) is 14.8 Å². The van der Waals surface area contributed by atoms with E-state index in [1.54, 1.807) is 13.0 Å². The quantitative estimate of drug-likeness (QED) is 0.825. The number of anilines is 1. The van der Waals surface area contributed by atoms with Crippen molar-refractivity contribution in [3.63, 3.8) is 0 Å². The SMILES string of the molecule is CCOC(=O)c1cc(-c2ccccc2OCC(C)C)nc(N)n1. The summed E-state index contributed by atoms with van der Waals surface area (Å²) in [5.74, 6) is 0.579. The van der Waals surface area contributed by atoms with Crippen LogP contribution in [0.25, 0.3) is 11.3 Å². The average molecular weight is 315 g/mol. The fourth-order valence-electron chi connectivity index (χ4n) is 1.97. The van der Waals surface area contributed by atoms with Crippen LogP contribution in [0.15, 0.2) is 30.3 Å². The molecule has 1 heterocycles. The standard InChI is InChI=1S/C17H21N3O3/c1-4-22-16(21)14-9-13(19-17(18)20-14)12-7-5-6-8-15(12)23-10-11(2)3/h5-9,11H,4,10H2,1-3H3,(H2,18,19,20). The van der Waals surface area contributed by atoms with Gasteiger partial charge in [0.25, 0.3) is 0 Å². The number of aromatic nitrogens is 2. The molecule has 0 spiro atoms. The van der Waals surface area contributed by atoms with Gasteiger partial charge in [0.1, 0.15) is 5.75 Å². The molecule has 1 aromatic heterocycles. The van der Waals surface area contributed by atoms with Crippen molar-refractivity contribution < 1.29 is 14.3 Å². The number of hydrogen-bond acceptors (Lipinski definition) is 6. The van der Waals surface area contributed by atoms with Gasteiger partial charge in [-0.2, -0.15) is 0 Å². The maximum atomic E-state index is 11.9. The van der Waals surface area contributed by atoms with Crippen molar-refractivity contribution in [3.05, 3.63) is 36.0 Å². The van der Waals surface area contributed by atoms with E-state index < -0.39 is 5.97 Å². The lowest BCUT2D eigenvalue weighted by Gasteiger charge is -2.13. The molecule has 0 saturated heterocycles. The normalized spacial score (nSPS) is 10.6. The molecule has 2 aromatic rings. The third kappa shape index (κ3) is 4.42. The Morgan fingerprint density at radius 2 is 2.00 bits per heavy atom. The number of carbonyl (C=O) groups excluding carboxylic acids is 1. The fourth-order valence-corrected chi connectivity index (χ4v) is 1.97. The molecule has 0 aliphatic heterocycles. The van der Waals surface area contributed by atoms with Crippen molar-refractivity contribution in [1.29, 1.82) is 0 Å². The maximum Gasteiger partial charge on any atom is 0.357 e. The number of nitrogen functional groups attached to an aromatic ring is 1. The van der Waals surface area contributed by atoms with Crippen molar-refractivity contribution in [1.82, 2.24) is 9.97 Å². The van der Waals surface area contributed by atoms with Crippen molar-refractivity contribution in [2.24, 2.45) is 5.92 Å². The predicted molar refractivity (Wildman–Crippen MR) is 88.2 cm³/mol. The van der Waals surface area contributed by atoms with Gasteiger partial charge in [-0.3, -0.25) is 0 Å². The van der Waals surface area contributed by atoms with Crippen LogP contribution in [0.5, 0.6) is 5.75 Å². The van der Waals surface area contributed by atoms with Crippen LogP contribution in [-0.4, -0.2) is 29.2 Å². The topological polar surface area (TPSA) is 87.3 Å². The van der Waals surface area contributed by atoms with E-state index in [2.05, 4.69) is 23.8 Å². The van der Waals surface area contributed by atoms with Gasteiger partial charge in [0.05, 0.1) is 18.9 Å². The number of ether oxygens (including phenoxy) is 2. The van der Waals surface area contributed by atoms with Crippen LogP contribution < -0.4 is 10.5 Å². The zero-order valence-corrected chi connectivity index (χ0v) is 13.6. The summed E-state index contributed by atoms with van der Waals surface area (Å²) >= 11 is 0. The molecule has 2 rings (SSSR count). The summed E-state index contributed by atoms with van der Waals surface area (Å²) in [6, 6.07) is 9.05. The molecule has 0 fully saturated rings. The van der Waals surface area contributed by atoms with E-state index in [4.69, 9.17) is 15.2 Å². The molecule has 0 saturated carbocycles. The summed E-state index contributed by atoms with van der Waals surface area (Å²) in [5.41, 5.74) is 7.15. The van der Waals surface area contributed by atoms with Crippen molar-refractivity contribution in [2.45, 2.75) is 20.8 Å². The van der Waals surface area contributed by atoms with Gasteiger partial charge in [0.2, 0.25) is 5.95 Å². The van der Waals surface area contributed by atoms with Crippen LogP contribution >= 0.6 is 0 Å². The second-order valence-electron chi connectivity index (χ2n) is 5.42. The molecule has 0 aliphatic rings. The summed E-state index contributed by atoms with van der Waals surface area (Å²) in [7, 11) is 0. The van der Waals surface area contributed by atoms with Crippen molar-refractivity contribution in [2.75, 3.05) is 18.9 Å². The number of para-hydroxylation sites is 1. The van der Waals surface area contributed by atoms with Crippen LogP contribution in [0.4, 0.5) is 5.95 Å². The monoisotopic (exact) mass is 315 g/mol. The molecule has 2 N–H and O–H groups in total. The van der Waals surface area contributed by atoms with E-state index >= 15 is 0 Å². The number of rotatable bonds is 6. The minimum Gasteiger partial charge on any atom is -0.493 e. The molecule has 0 amide bonds. The minimum absolute atomic E-state index is 0.0178. The number of esters is 1. The molecular weight excluding hydrogens is 294 g/mol. The Labute approximate surface area is 135 Å². The highest BCUT2D eigenvalue weighted by Crippen LogP contribution is 2.29. The Morgan fingerprint density at radius 1 is 1.26 bits per heavy atom. The van der Waals surface area contributed by atoms with Gasteiger partial charge in [-0.05, 0) is 31.0 Å². The Morgan fingerprint density at radius 3 is 2.70 bits per heavy atom. The summed E-state index contributed by atoms with van der Waals surface area (Å²) in [4.78, 5) is 20.0. The van der Waals surface area contributed by atoms with E-state index in [-0.39, 0.29) is 18.2 Å². The summed E-state index contributed by atoms with van der Waals surface area (Å²) < 4.78 is 10.8. The van der Waals surface area contributed by atoms with E-state index in [0.29, 0.717) is 24.0 Å². The number of benzene rings is 1. The lowest BCUT2D eigenvalue weighted by Crippen LogP contribution is -2.10. The lowest BCUT2D eigenvalue weighted by molar-refractivity contribution is 0.0519. The molecule has 1 aromatic carbocycles. The maximum absolute atomic E-state index is 11.9. The first kappa shape index (κ1) is 16.7. The van der Waals surface area contributed by atoms with E-state index in [9.17, 15) is 4.79 Å². The first-order valence-electron chi connectivity index (χ1n) is 7.55. The Kier molecular flexibility index (Phi) is 5.51. The largest absolute Gasteiger partial charge is 0.493 e. The molecule has 0 bridgehead atoms. The van der Waals surface area contributed by atoms with E-state index in [1.165, 1.54) is 0 Å². The molecule has 6 nitrogen and oxygen atoms in total. The van der Waals surface area contributed by atoms with Gasteiger partial charge in [-0.15, -0.1) is 0 Å². The van der Waals surface area contributed by atoms with Crippen LogP contribution in [0.2, 0.25) is 0 Å². The van der Waals surface area contributed by atoms with Gasteiger partial charge in [0, 0.05) is 5.56 Å². The van der Waals surface area contributed by atoms with Crippen LogP contribution in [0, 0.1) is 5.92 Å². The Hall–Kier alpha value is -2.63. The summed E-state index contributed by atoms with van der Waals surface area (Å²) in [5, 5.41) is 0. The number of nitrogens with two attached hydrogens (primary N) is 1. The smallest absolute Gasteiger partial charge is 0.357 e. The lowest BCUT2D eigenvalue weighted by atomic mass is 10.1. The molecule has 0 radical (unpaired) electrons. The first-order valence-corrected chi connectivity index (χ1v) is 7.55. The predicted octanol–water partition coefficient (Wildman–Crippen LogP) is 2.94. The zero-order valence-electron chi connectivity index (χ0n) is 13.6. The molecule has 122 valence electrons. The van der Waals surface area contributed by atoms with E-state index in [1.807, 2.05) is 24.3 Å². The first-order chi connectivity index (χ1) is 11.0. The summed E-state index contributed by atoms with van der Waals surface area (Å²) in [6.45, 7) is 6.74. The zero-order chi connectivity index (χ0) is 16.8. The van der Waals surface area contributed by atoms with Gasteiger partial charge < -0.3 is 15.2 Å². The molecular formula is C17H21N3O3. The Bertz CT molecular complexity index is 687. The average Bonchev–Trinajstić information content (AvgIpc) is 2.53. The van der Waals surface area contributed by atoms with Gasteiger partial charge in [-0.1, -0.05) is 26.0 Å². The van der Waals surface area contributed by atoms with E-state index in [0.717, 1.165) is 5.56 Å². The summed E-state index contributed by atoms with van der Waals surface area (Å²) in [6.07, 6.45) is 0. The number of hydrogen-bond donors (Lipinski definition) is 1. The molecule has 0 atom stereocenters. The fraction of sp³-hybridized carbons (Fsp3) is 0.353.